The molecule has 0 N–H and O–H groups in total. The minimum atomic E-state index is -0.284. The van der Waals surface area contributed by atoms with Gasteiger partial charge in [-0.2, -0.15) is 0 Å². The Morgan fingerprint density at radius 3 is 2.12 bits per heavy atom. The Labute approximate surface area is 103 Å². The molecule has 0 bridgehead atoms. The van der Waals surface area contributed by atoms with E-state index in [1.807, 2.05) is 51.9 Å². The summed E-state index contributed by atoms with van der Waals surface area (Å²) in [6, 6.07) is 3.89. The first-order chi connectivity index (χ1) is 7.91. The molecule has 1 saturated heterocycles. The van der Waals surface area contributed by atoms with Gasteiger partial charge in [0.2, 0.25) is 0 Å². The molecule has 1 fully saturated rings. The molecule has 0 unspecified atom stereocenters. The number of hydrogen-bond acceptors (Lipinski definition) is 3. The fourth-order valence-corrected chi connectivity index (χ4v) is 1.63. The van der Waals surface area contributed by atoms with Crippen LogP contribution in [0.3, 0.4) is 0 Å². The van der Waals surface area contributed by atoms with E-state index in [0.29, 0.717) is 0 Å². The topological polar surface area (TPSA) is 31.4 Å². The molecule has 1 aliphatic rings. The van der Waals surface area contributed by atoms with E-state index in [-0.39, 0.29) is 18.3 Å². The van der Waals surface area contributed by atoms with E-state index in [2.05, 4.69) is 4.98 Å². The zero-order valence-electron chi connectivity index (χ0n) is 10.8. The quantitative estimate of drug-likeness (QED) is 0.733. The Balaban J connectivity index is 2.06. The van der Waals surface area contributed by atoms with Crippen LogP contribution in [0.1, 0.15) is 33.3 Å². The maximum Gasteiger partial charge on any atom is 0.487 e. The van der Waals surface area contributed by atoms with E-state index >= 15 is 0 Å². The lowest BCUT2D eigenvalue weighted by molar-refractivity contribution is 0.00578. The molecule has 1 aromatic rings. The summed E-state index contributed by atoms with van der Waals surface area (Å²) < 4.78 is 11.7. The lowest BCUT2D eigenvalue weighted by Crippen LogP contribution is -2.41. The van der Waals surface area contributed by atoms with Crippen molar-refractivity contribution in [2.45, 2.75) is 38.9 Å². The molecule has 1 aromatic heterocycles. The van der Waals surface area contributed by atoms with Crippen molar-refractivity contribution >= 4 is 13.2 Å². The van der Waals surface area contributed by atoms with Crippen molar-refractivity contribution in [3.05, 3.63) is 36.1 Å². The number of pyridine rings is 1. The third-order valence-corrected chi connectivity index (χ3v) is 3.42. The number of aromatic nitrogens is 1. The zero-order valence-corrected chi connectivity index (χ0v) is 10.8. The van der Waals surface area contributed by atoms with Crippen LogP contribution in [-0.4, -0.2) is 23.3 Å². The predicted octanol–water partition coefficient (Wildman–Crippen LogP) is 2.73. The van der Waals surface area contributed by atoms with Gasteiger partial charge in [-0.05, 0) is 45.4 Å². The number of rotatable bonds is 2. The molecule has 3 nitrogen and oxygen atoms in total. The molecule has 2 rings (SSSR count). The summed E-state index contributed by atoms with van der Waals surface area (Å²) in [4.78, 5) is 3.97. The normalized spacial score (nSPS) is 22.2. The molecule has 0 amide bonds. The van der Waals surface area contributed by atoms with Gasteiger partial charge >= 0.3 is 7.12 Å². The molecular weight excluding hydrogens is 213 g/mol. The molecule has 0 aliphatic carbocycles. The van der Waals surface area contributed by atoms with E-state index < -0.39 is 0 Å². The van der Waals surface area contributed by atoms with Crippen molar-refractivity contribution in [1.82, 2.24) is 4.98 Å². The molecule has 90 valence electrons. The molecule has 0 spiro atoms. The van der Waals surface area contributed by atoms with E-state index in [1.54, 1.807) is 12.4 Å². The second-order valence-corrected chi connectivity index (χ2v) is 5.26. The van der Waals surface area contributed by atoms with Crippen LogP contribution in [0, 0.1) is 0 Å². The van der Waals surface area contributed by atoms with Crippen molar-refractivity contribution in [3.63, 3.8) is 0 Å². The van der Waals surface area contributed by atoms with E-state index in [1.165, 1.54) is 0 Å². The van der Waals surface area contributed by atoms with Crippen LogP contribution in [-0.2, 0) is 9.31 Å². The van der Waals surface area contributed by atoms with Gasteiger partial charge in [0, 0.05) is 12.4 Å². The monoisotopic (exact) mass is 231 g/mol. The van der Waals surface area contributed by atoms with Gasteiger partial charge in [0.25, 0.3) is 0 Å². The molecular formula is C13H18BNO2. The molecule has 17 heavy (non-hydrogen) atoms. The van der Waals surface area contributed by atoms with E-state index in [9.17, 15) is 0 Å². The Hall–Kier alpha value is -1.13. The predicted molar refractivity (Wildman–Crippen MR) is 69.4 cm³/mol. The molecule has 2 heterocycles. The fraction of sp³-hybridized carbons (Fsp3) is 0.462. The van der Waals surface area contributed by atoms with Crippen LogP contribution < -0.4 is 0 Å². The van der Waals surface area contributed by atoms with Crippen molar-refractivity contribution in [1.29, 1.82) is 0 Å². The van der Waals surface area contributed by atoms with E-state index in [4.69, 9.17) is 9.31 Å². The Kier molecular flexibility index (Phi) is 3.10. The van der Waals surface area contributed by atoms with Gasteiger partial charge in [-0.3, -0.25) is 4.98 Å². The highest BCUT2D eigenvalue weighted by molar-refractivity contribution is 6.52. The van der Waals surface area contributed by atoms with Crippen LogP contribution >= 0.6 is 0 Å². The lowest BCUT2D eigenvalue weighted by Gasteiger charge is -2.32. The van der Waals surface area contributed by atoms with Gasteiger partial charge in [0.1, 0.15) is 0 Å². The van der Waals surface area contributed by atoms with Crippen LogP contribution in [0.4, 0.5) is 0 Å². The van der Waals surface area contributed by atoms with Crippen LogP contribution in [0.25, 0.3) is 6.08 Å². The van der Waals surface area contributed by atoms with Gasteiger partial charge in [-0.25, -0.2) is 0 Å². The molecule has 0 saturated carbocycles. The highest BCUT2D eigenvalue weighted by atomic mass is 16.7. The summed E-state index contributed by atoms with van der Waals surface area (Å²) in [5.41, 5.74) is 0.537. The average molecular weight is 231 g/mol. The van der Waals surface area contributed by atoms with Crippen molar-refractivity contribution in [2.75, 3.05) is 0 Å². The molecule has 1 aliphatic heterocycles. The first-order valence-corrected chi connectivity index (χ1v) is 5.85. The molecule has 0 aromatic carbocycles. The Morgan fingerprint density at radius 2 is 1.59 bits per heavy atom. The van der Waals surface area contributed by atoms with Gasteiger partial charge in [0.05, 0.1) is 11.2 Å². The average Bonchev–Trinajstić information content (AvgIpc) is 2.46. The highest BCUT2D eigenvalue weighted by Gasteiger charge is 2.49. The first kappa shape index (κ1) is 12.3. The Morgan fingerprint density at radius 1 is 1.06 bits per heavy atom. The van der Waals surface area contributed by atoms with Crippen molar-refractivity contribution < 1.29 is 9.31 Å². The number of nitrogens with zero attached hydrogens (tertiary/aromatic N) is 1. The van der Waals surface area contributed by atoms with Crippen LogP contribution in [0.5, 0.6) is 0 Å². The van der Waals surface area contributed by atoms with Crippen LogP contribution in [0.2, 0.25) is 0 Å². The third kappa shape index (κ3) is 2.59. The largest absolute Gasteiger partial charge is 0.487 e. The summed E-state index contributed by atoms with van der Waals surface area (Å²) in [5, 5.41) is 0. The zero-order chi connectivity index (χ0) is 12.5. The first-order valence-electron chi connectivity index (χ1n) is 5.85. The van der Waals surface area contributed by atoms with Gasteiger partial charge in [-0.15, -0.1) is 0 Å². The maximum atomic E-state index is 5.86. The van der Waals surface area contributed by atoms with Crippen molar-refractivity contribution in [3.8, 4) is 0 Å². The Bertz CT molecular complexity index is 399. The minimum Gasteiger partial charge on any atom is -0.400 e. The van der Waals surface area contributed by atoms with E-state index in [0.717, 1.165) is 5.56 Å². The third-order valence-electron chi connectivity index (χ3n) is 3.42. The second-order valence-electron chi connectivity index (χ2n) is 5.26. The highest BCUT2D eigenvalue weighted by Crippen LogP contribution is 2.36. The van der Waals surface area contributed by atoms with Crippen molar-refractivity contribution in [2.24, 2.45) is 0 Å². The summed E-state index contributed by atoms with van der Waals surface area (Å²) in [7, 11) is -0.284. The molecule has 0 radical (unpaired) electrons. The fourth-order valence-electron chi connectivity index (χ4n) is 1.63. The smallest absolute Gasteiger partial charge is 0.400 e. The van der Waals surface area contributed by atoms with Gasteiger partial charge < -0.3 is 9.31 Å². The summed E-state index contributed by atoms with van der Waals surface area (Å²) in [6.07, 6.45) is 5.53. The maximum absolute atomic E-state index is 5.86. The summed E-state index contributed by atoms with van der Waals surface area (Å²) in [6.45, 7) is 8.20. The summed E-state index contributed by atoms with van der Waals surface area (Å²) in [5.74, 6) is 1.94. The minimum absolute atomic E-state index is 0.278. The lowest BCUT2D eigenvalue weighted by atomic mass is 9.89. The SMILES string of the molecule is CC1(C)OB(/C=C/c2ccncc2)OC1(C)C. The molecule has 0 atom stereocenters. The van der Waals surface area contributed by atoms with Gasteiger partial charge in [-0.1, -0.05) is 12.1 Å². The second kappa shape index (κ2) is 4.28. The standard InChI is InChI=1S/C13H18BNO2/c1-12(2)13(3,4)17-14(16-12)8-5-11-6-9-15-10-7-11/h5-10H,1-4H3/b8-5+. The molecule has 4 heteroatoms. The number of hydrogen-bond donors (Lipinski definition) is 0. The summed E-state index contributed by atoms with van der Waals surface area (Å²) >= 11 is 0. The van der Waals surface area contributed by atoms with Gasteiger partial charge in [0.15, 0.2) is 0 Å². The van der Waals surface area contributed by atoms with Crippen LogP contribution in [0.15, 0.2) is 30.5 Å².